The van der Waals surface area contributed by atoms with E-state index in [-0.39, 0.29) is 11.1 Å². The summed E-state index contributed by atoms with van der Waals surface area (Å²) < 4.78 is 0. The van der Waals surface area contributed by atoms with Gasteiger partial charge in [-0.3, -0.25) is 0 Å². The van der Waals surface area contributed by atoms with Crippen molar-refractivity contribution in [1.29, 1.82) is 0 Å². The fraction of sp³-hybridized carbons (Fsp3) is 0.400. The van der Waals surface area contributed by atoms with Crippen molar-refractivity contribution in [2.24, 2.45) is 0 Å². The molecule has 0 aliphatic rings. The highest BCUT2D eigenvalue weighted by Crippen LogP contribution is 2.39. The Hall–Kier alpha value is -1.34. The third-order valence-corrected chi connectivity index (χ3v) is 2.33. The van der Waals surface area contributed by atoms with Gasteiger partial charge in [0, 0.05) is 0 Å². The molecule has 6 nitrogen and oxygen atoms in total. The van der Waals surface area contributed by atoms with Gasteiger partial charge in [0.25, 0.3) is 0 Å². The number of hydrogen-bond donors (Lipinski definition) is 6. The molecule has 0 aromatic heterocycles. The molecule has 0 unspecified atom stereocenters. The zero-order valence-corrected chi connectivity index (χ0v) is 8.62. The molecule has 0 radical (unpaired) electrons. The second-order valence-electron chi connectivity index (χ2n) is 3.34. The Morgan fingerprint density at radius 1 is 1.00 bits per heavy atom. The molecule has 0 spiro atoms. The maximum Gasteiger partial charge on any atom is 0.185 e. The largest absolute Gasteiger partial charge is 0.507 e. The summed E-state index contributed by atoms with van der Waals surface area (Å²) in [4.78, 5) is 0. The van der Waals surface area contributed by atoms with Crippen LogP contribution in [0.1, 0.15) is 36.2 Å². The molecule has 16 heavy (non-hydrogen) atoms. The van der Waals surface area contributed by atoms with E-state index in [2.05, 4.69) is 0 Å². The summed E-state index contributed by atoms with van der Waals surface area (Å²) in [7, 11) is 0. The van der Waals surface area contributed by atoms with Crippen molar-refractivity contribution in [2.75, 3.05) is 0 Å². The normalized spacial score (nSPS) is 11.4. The van der Waals surface area contributed by atoms with Gasteiger partial charge in [0.2, 0.25) is 0 Å². The Labute approximate surface area is 91.7 Å². The lowest BCUT2D eigenvalue weighted by Crippen LogP contribution is -2.04. The molecule has 0 bridgehead atoms. The average molecular weight is 230 g/mol. The van der Waals surface area contributed by atoms with Gasteiger partial charge in [-0.2, -0.15) is 0 Å². The van der Waals surface area contributed by atoms with Crippen molar-refractivity contribution in [3.8, 4) is 11.5 Å². The van der Waals surface area contributed by atoms with Gasteiger partial charge >= 0.3 is 0 Å². The van der Waals surface area contributed by atoms with Gasteiger partial charge in [-0.05, 0) is 18.1 Å². The van der Waals surface area contributed by atoms with Crippen LogP contribution >= 0.6 is 0 Å². The van der Waals surface area contributed by atoms with E-state index in [1.165, 1.54) is 6.07 Å². The molecule has 0 aliphatic carbocycles. The van der Waals surface area contributed by atoms with E-state index in [0.717, 1.165) is 0 Å². The number of hydrogen-bond acceptors (Lipinski definition) is 6. The highest BCUT2D eigenvalue weighted by molar-refractivity contribution is 5.54. The molecular weight excluding hydrogens is 216 g/mol. The SMILES string of the molecule is CCc1cc(C(O)O)c(O)c(C(O)O)c1O. The molecule has 1 rings (SSSR count). The number of benzene rings is 1. The summed E-state index contributed by atoms with van der Waals surface area (Å²) in [6.07, 6.45) is -3.71. The molecule has 0 fully saturated rings. The summed E-state index contributed by atoms with van der Waals surface area (Å²) >= 11 is 0. The zero-order chi connectivity index (χ0) is 12.5. The highest BCUT2D eigenvalue weighted by Gasteiger charge is 2.23. The summed E-state index contributed by atoms with van der Waals surface area (Å²) in [5.74, 6) is -1.20. The lowest BCUT2D eigenvalue weighted by atomic mass is 10.00. The first-order valence-corrected chi connectivity index (χ1v) is 4.70. The van der Waals surface area contributed by atoms with Gasteiger partial charge in [0.05, 0.1) is 11.1 Å². The second-order valence-corrected chi connectivity index (χ2v) is 3.34. The fourth-order valence-corrected chi connectivity index (χ4v) is 1.48. The van der Waals surface area contributed by atoms with Gasteiger partial charge < -0.3 is 30.6 Å². The standard InChI is InChI=1S/C10H14O6/c1-2-4-3-5(9(13)14)8(12)6(7(4)11)10(15)16/h3,9-16H,2H2,1H3. The monoisotopic (exact) mass is 230 g/mol. The predicted octanol–water partition coefficient (Wildman–Crippen LogP) is -0.373. The Balaban J connectivity index is 3.51. The molecular formula is C10H14O6. The minimum atomic E-state index is -2.09. The molecule has 1 aromatic rings. The number of rotatable bonds is 3. The third-order valence-electron chi connectivity index (χ3n) is 2.33. The van der Waals surface area contributed by atoms with Crippen LogP contribution < -0.4 is 0 Å². The summed E-state index contributed by atoms with van der Waals surface area (Å²) in [6, 6.07) is 1.20. The molecule has 0 saturated heterocycles. The van der Waals surface area contributed by atoms with Crippen molar-refractivity contribution in [3.63, 3.8) is 0 Å². The zero-order valence-electron chi connectivity index (χ0n) is 8.62. The molecule has 0 atom stereocenters. The lowest BCUT2D eigenvalue weighted by Gasteiger charge is -2.17. The molecule has 1 aromatic carbocycles. The number of aryl methyl sites for hydroxylation is 1. The molecule has 90 valence electrons. The van der Waals surface area contributed by atoms with Crippen molar-refractivity contribution in [2.45, 2.75) is 25.9 Å². The molecule has 0 saturated carbocycles. The number of aliphatic hydroxyl groups is 4. The maximum atomic E-state index is 9.60. The summed E-state index contributed by atoms with van der Waals surface area (Å²) in [5.41, 5.74) is -0.524. The van der Waals surface area contributed by atoms with E-state index >= 15 is 0 Å². The van der Waals surface area contributed by atoms with E-state index in [9.17, 15) is 10.2 Å². The van der Waals surface area contributed by atoms with Crippen molar-refractivity contribution < 1.29 is 30.6 Å². The first kappa shape index (κ1) is 12.7. The molecule has 6 N–H and O–H groups in total. The van der Waals surface area contributed by atoms with Crippen LogP contribution in [0.3, 0.4) is 0 Å². The number of aliphatic hydroxyl groups excluding tert-OH is 2. The lowest BCUT2D eigenvalue weighted by molar-refractivity contribution is -0.0512. The van der Waals surface area contributed by atoms with Crippen LogP contribution in [0.25, 0.3) is 0 Å². The Morgan fingerprint density at radius 3 is 1.94 bits per heavy atom. The Morgan fingerprint density at radius 2 is 1.56 bits per heavy atom. The van der Waals surface area contributed by atoms with Crippen LogP contribution in [0.15, 0.2) is 6.07 Å². The minimum Gasteiger partial charge on any atom is -0.507 e. The number of phenolic OH excluding ortho intramolecular Hbond substituents is 2. The van der Waals surface area contributed by atoms with Crippen LogP contribution in [-0.2, 0) is 6.42 Å². The molecule has 0 aliphatic heterocycles. The van der Waals surface area contributed by atoms with Crippen molar-refractivity contribution >= 4 is 0 Å². The van der Waals surface area contributed by atoms with Gasteiger partial charge in [0.1, 0.15) is 11.5 Å². The highest BCUT2D eigenvalue weighted by atomic mass is 16.5. The van der Waals surface area contributed by atoms with E-state index in [4.69, 9.17) is 20.4 Å². The minimum absolute atomic E-state index is 0.280. The maximum absolute atomic E-state index is 9.60. The first-order valence-electron chi connectivity index (χ1n) is 4.70. The summed E-state index contributed by atoms with van der Waals surface area (Å²) in [6.45, 7) is 1.69. The van der Waals surface area contributed by atoms with Gasteiger partial charge in [0.15, 0.2) is 12.6 Å². The van der Waals surface area contributed by atoms with Crippen molar-refractivity contribution in [3.05, 3.63) is 22.8 Å². The van der Waals surface area contributed by atoms with E-state index in [1.807, 2.05) is 0 Å². The number of aromatic hydroxyl groups is 2. The topological polar surface area (TPSA) is 121 Å². The van der Waals surface area contributed by atoms with E-state index in [0.29, 0.717) is 6.42 Å². The van der Waals surface area contributed by atoms with Crippen LogP contribution in [-0.4, -0.2) is 30.6 Å². The number of phenols is 2. The Kier molecular flexibility index (Phi) is 3.71. The van der Waals surface area contributed by atoms with Gasteiger partial charge in [-0.25, -0.2) is 0 Å². The van der Waals surface area contributed by atoms with E-state index in [1.54, 1.807) is 6.92 Å². The van der Waals surface area contributed by atoms with E-state index < -0.39 is 29.6 Å². The molecule has 0 heterocycles. The van der Waals surface area contributed by atoms with Crippen LogP contribution in [0.5, 0.6) is 11.5 Å². The van der Waals surface area contributed by atoms with Crippen molar-refractivity contribution in [1.82, 2.24) is 0 Å². The van der Waals surface area contributed by atoms with Crippen LogP contribution in [0.2, 0.25) is 0 Å². The second kappa shape index (κ2) is 4.67. The van der Waals surface area contributed by atoms with Gasteiger partial charge in [-0.1, -0.05) is 6.92 Å². The molecule has 0 amide bonds. The van der Waals surface area contributed by atoms with Gasteiger partial charge in [-0.15, -0.1) is 0 Å². The fourth-order valence-electron chi connectivity index (χ4n) is 1.48. The van der Waals surface area contributed by atoms with Crippen LogP contribution in [0, 0.1) is 0 Å². The smallest absolute Gasteiger partial charge is 0.185 e. The van der Waals surface area contributed by atoms with Crippen LogP contribution in [0.4, 0.5) is 0 Å². The quantitative estimate of drug-likeness (QED) is 0.394. The average Bonchev–Trinajstić information content (AvgIpc) is 2.16. The third kappa shape index (κ3) is 2.10. The predicted molar refractivity (Wildman–Crippen MR) is 53.5 cm³/mol. The first-order chi connectivity index (χ1) is 7.40. The Bertz CT molecular complexity index is 385. The summed E-state index contributed by atoms with van der Waals surface area (Å²) in [5, 5.41) is 55.0. The molecule has 6 heteroatoms.